The maximum Gasteiger partial charge on any atom is 0.216 e. The Bertz CT molecular complexity index is 687. The second kappa shape index (κ2) is 5.57. The number of nitrogens with one attached hydrogen (secondary N) is 1. The predicted octanol–water partition coefficient (Wildman–Crippen LogP) is 0.749. The van der Waals surface area contributed by atoms with Gasteiger partial charge in [-0.05, 0) is 12.2 Å². The Kier molecular flexibility index (Phi) is 3.86. The van der Waals surface area contributed by atoms with Gasteiger partial charge in [-0.2, -0.15) is 14.9 Å². The van der Waals surface area contributed by atoms with Gasteiger partial charge in [0.15, 0.2) is 5.82 Å². The summed E-state index contributed by atoms with van der Waals surface area (Å²) in [6.45, 7) is 1.92. The van der Waals surface area contributed by atoms with E-state index in [0.29, 0.717) is 22.6 Å². The van der Waals surface area contributed by atoms with Crippen LogP contribution >= 0.6 is 12.2 Å². The highest BCUT2D eigenvalue weighted by molar-refractivity contribution is 7.71. The topological polar surface area (TPSA) is 86.1 Å². The second-order valence-corrected chi connectivity index (χ2v) is 4.12. The molecule has 0 unspecified atom stereocenters. The van der Waals surface area contributed by atoms with Gasteiger partial charge in [0, 0.05) is 17.5 Å². The van der Waals surface area contributed by atoms with E-state index in [4.69, 9.17) is 12.2 Å². The first-order valence-electron chi connectivity index (χ1n) is 5.64. The molecule has 2 rings (SSSR count). The average molecular weight is 275 g/mol. The van der Waals surface area contributed by atoms with Crippen molar-refractivity contribution in [3.63, 3.8) is 0 Å². The molecule has 0 bridgehead atoms. The van der Waals surface area contributed by atoms with Crippen LogP contribution in [0.2, 0.25) is 0 Å². The number of carboxylic acid groups (broad SMARTS) is 1. The van der Waals surface area contributed by atoms with Gasteiger partial charge in [0.25, 0.3) is 0 Å². The second-order valence-electron chi connectivity index (χ2n) is 3.73. The number of rotatable bonds is 4. The van der Waals surface area contributed by atoms with E-state index in [-0.39, 0.29) is 5.56 Å². The van der Waals surface area contributed by atoms with Crippen molar-refractivity contribution in [3.8, 4) is 0 Å². The molecule has 0 aliphatic heterocycles. The fourth-order valence-corrected chi connectivity index (χ4v) is 1.79. The summed E-state index contributed by atoms with van der Waals surface area (Å²) in [5.41, 5.74) is 0.534. The summed E-state index contributed by atoms with van der Waals surface area (Å²) in [7, 11) is 0. The number of hydrogen-bond donors (Lipinski definition) is 1. The Morgan fingerprint density at radius 2 is 2.32 bits per heavy atom. The molecule has 0 spiro atoms. The summed E-state index contributed by atoms with van der Waals surface area (Å²) in [5, 5.41) is 21.7. The number of hydrogen-bond acceptors (Lipinski definition) is 5. The van der Waals surface area contributed by atoms with E-state index in [1.165, 1.54) is 17.0 Å². The van der Waals surface area contributed by atoms with Gasteiger partial charge in [0.05, 0.1) is 12.2 Å². The van der Waals surface area contributed by atoms with Crippen molar-refractivity contribution < 1.29 is 9.90 Å². The number of aromatic amines is 1. The molecule has 6 nitrogen and oxygen atoms in total. The smallest absolute Gasteiger partial charge is 0.216 e. The van der Waals surface area contributed by atoms with Gasteiger partial charge in [0.2, 0.25) is 4.77 Å². The zero-order valence-electron chi connectivity index (χ0n) is 10.2. The molecular formula is C12H11N4O2S-. The number of carbonyl (C=O) groups is 1. The fourth-order valence-electron chi connectivity index (χ4n) is 1.59. The Morgan fingerprint density at radius 1 is 1.58 bits per heavy atom. The van der Waals surface area contributed by atoms with E-state index in [9.17, 15) is 9.90 Å². The average Bonchev–Trinajstić information content (AvgIpc) is 2.77. The molecule has 0 aliphatic rings. The molecule has 19 heavy (non-hydrogen) atoms. The molecule has 1 aromatic heterocycles. The molecule has 0 amide bonds. The summed E-state index contributed by atoms with van der Waals surface area (Å²) in [6, 6.07) is 6.46. The number of carbonyl (C=O) groups excluding carboxylic acids is 1. The highest BCUT2D eigenvalue weighted by Gasteiger charge is 2.03. The van der Waals surface area contributed by atoms with Crippen molar-refractivity contribution in [3.05, 3.63) is 46.0 Å². The summed E-state index contributed by atoms with van der Waals surface area (Å²) in [5.74, 6) is -0.569. The zero-order chi connectivity index (χ0) is 13.8. The molecule has 1 aromatic carbocycles. The molecule has 1 N–H and O–H groups in total. The largest absolute Gasteiger partial charge is 0.545 e. The molecule has 0 aliphatic carbocycles. The van der Waals surface area contributed by atoms with Crippen molar-refractivity contribution >= 4 is 24.4 Å². The van der Waals surface area contributed by atoms with Crippen molar-refractivity contribution in [2.24, 2.45) is 5.10 Å². The maximum atomic E-state index is 11.0. The minimum atomic E-state index is -1.24. The van der Waals surface area contributed by atoms with Crippen LogP contribution in [0, 0.1) is 4.77 Å². The number of aromatic nitrogens is 3. The molecule has 2 aromatic rings. The van der Waals surface area contributed by atoms with Gasteiger partial charge in [-0.1, -0.05) is 31.2 Å². The molecule has 98 valence electrons. The number of aryl methyl sites for hydroxylation is 1. The van der Waals surface area contributed by atoms with Gasteiger partial charge in [0.1, 0.15) is 0 Å². The number of aromatic carboxylic acids is 1. The standard InChI is InChI=1S/C12H12N4O2S/c1-2-10-14-15-12(19)16(10)13-7-8-5-3-4-6-9(8)11(17)18/h3-7H,2H2,1H3,(H,15,19)(H,17,18)/p-1/b13-7-. The molecule has 0 radical (unpaired) electrons. The monoisotopic (exact) mass is 275 g/mol. The third kappa shape index (κ3) is 2.76. The highest BCUT2D eigenvalue weighted by Crippen LogP contribution is 2.06. The van der Waals surface area contributed by atoms with Crippen LogP contribution in [0.1, 0.15) is 28.7 Å². The van der Waals surface area contributed by atoms with E-state index in [2.05, 4.69) is 15.3 Å². The van der Waals surface area contributed by atoms with Gasteiger partial charge < -0.3 is 9.90 Å². The first-order chi connectivity index (χ1) is 9.13. The first kappa shape index (κ1) is 13.2. The molecule has 0 saturated heterocycles. The Morgan fingerprint density at radius 3 is 3.00 bits per heavy atom. The Balaban J connectivity index is 2.41. The molecule has 1 heterocycles. The zero-order valence-corrected chi connectivity index (χ0v) is 11.0. The maximum absolute atomic E-state index is 11.0. The normalized spacial score (nSPS) is 11.0. The number of H-pyrrole nitrogens is 1. The number of nitrogens with zero attached hydrogens (tertiary/aromatic N) is 3. The highest BCUT2D eigenvalue weighted by atomic mass is 32.1. The molecule has 7 heteroatoms. The number of carboxylic acids is 1. The van der Waals surface area contributed by atoms with Crippen LogP contribution in [0.3, 0.4) is 0 Å². The summed E-state index contributed by atoms with van der Waals surface area (Å²) in [4.78, 5) is 11.0. The van der Waals surface area contributed by atoms with Crippen molar-refractivity contribution in [2.75, 3.05) is 0 Å². The van der Waals surface area contributed by atoms with Crippen molar-refractivity contribution in [2.45, 2.75) is 13.3 Å². The van der Waals surface area contributed by atoms with Crippen LogP contribution in [0.15, 0.2) is 29.4 Å². The van der Waals surface area contributed by atoms with E-state index in [0.717, 1.165) is 0 Å². The predicted molar refractivity (Wildman–Crippen MR) is 70.6 cm³/mol. The van der Waals surface area contributed by atoms with Crippen LogP contribution in [0.5, 0.6) is 0 Å². The van der Waals surface area contributed by atoms with E-state index in [1.807, 2.05) is 6.92 Å². The van der Waals surface area contributed by atoms with E-state index >= 15 is 0 Å². The minimum absolute atomic E-state index is 0.0827. The molecule has 0 fully saturated rings. The summed E-state index contributed by atoms with van der Waals surface area (Å²) >= 11 is 5.04. The third-order valence-corrected chi connectivity index (χ3v) is 2.79. The van der Waals surface area contributed by atoms with Gasteiger partial charge >= 0.3 is 0 Å². The molecule has 0 atom stereocenters. The fraction of sp³-hybridized carbons (Fsp3) is 0.167. The van der Waals surface area contributed by atoms with Crippen LogP contribution < -0.4 is 5.11 Å². The van der Waals surface area contributed by atoms with Gasteiger partial charge in [-0.3, -0.25) is 5.10 Å². The lowest BCUT2D eigenvalue weighted by Gasteiger charge is -2.05. The quantitative estimate of drug-likeness (QED) is 0.659. The van der Waals surface area contributed by atoms with Crippen LogP contribution in [0.25, 0.3) is 0 Å². The lowest BCUT2D eigenvalue weighted by atomic mass is 10.1. The SMILES string of the molecule is CCc1n[nH]c(=S)n1/N=C\c1ccccc1C(=O)[O-]. The lowest BCUT2D eigenvalue weighted by Crippen LogP contribution is -2.23. The van der Waals surface area contributed by atoms with Crippen molar-refractivity contribution in [1.82, 2.24) is 14.9 Å². The molecular weight excluding hydrogens is 264 g/mol. The number of benzene rings is 1. The van der Waals surface area contributed by atoms with E-state index < -0.39 is 5.97 Å². The van der Waals surface area contributed by atoms with Gasteiger partial charge in [-0.15, -0.1) is 0 Å². The minimum Gasteiger partial charge on any atom is -0.545 e. The Labute approximate surface area is 114 Å². The summed E-state index contributed by atoms with van der Waals surface area (Å²) < 4.78 is 1.82. The Hall–Kier alpha value is -2.28. The van der Waals surface area contributed by atoms with Gasteiger partial charge in [-0.25, -0.2) is 0 Å². The third-order valence-electron chi connectivity index (χ3n) is 2.53. The summed E-state index contributed by atoms with van der Waals surface area (Å²) in [6.07, 6.45) is 2.09. The van der Waals surface area contributed by atoms with E-state index in [1.54, 1.807) is 18.2 Å². The van der Waals surface area contributed by atoms with Crippen LogP contribution in [-0.4, -0.2) is 27.1 Å². The first-order valence-corrected chi connectivity index (χ1v) is 6.05. The van der Waals surface area contributed by atoms with Crippen LogP contribution in [0.4, 0.5) is 0 Å². The molecule has 0 saturated carbocycles. The lowest BCUT2D eigenvalue weighted by molar-refractivity contribution is -0.255. The van der Waals surface area contributed by atoms with Crippen molar-refractivity contribution in [1.29, 1.82) is 0 Å². The van der Waals surface area contributed by atoms with Crippen LogP contribution in [-0.2, 0) is 6.42 Å².